The molecule has 1 aliphatic heterocycles. The number of hydrogen-bond acceptors (Lipinski definition) is 3. The van der Waals surface area contributed by atoms with Crippen molar-refractivity contribution in [3.63, 3.8) is 0 Å². The van der Waals surface area contributed by atoms with Gasteiger partial charge in [-0.3, -0.25) is 4.90 Å². The molecule has 1 aliphatic rings. The topological polar surface area (TPSA) is 15.3 Å². The molecule has 2 atom stereocenters. The predicted molar refractivity (Wildman–Crippen MR) is 66.7 cm³/mol. The van der Waals surface area contributed by atoms with Crippen LogP contribution in [0.25, 0.3) is 0 Å². The van der Waals surface area contributed by atoms with E-state index in [0.29, 0.717) is 12.1 Å². The molecule has 0 aliphatic carbocycles. The molecule has 1 aromatic rings. The Labute approximate surface area is 100 Å². The first-order valence-electron chi connectivity index (χ1n) is 5.35. The molecule has 0 spiro atoms. The molecule has 2 rings (SSSR count). The first-order chi connectivity index (χ1) is 7.15. The molecule has 15 heavy (non-hydrogen) atoms. The van der Waals surface area contributed by atoms with Gasteiger partial charge in [0, 0.05) is 36.6 Å². The van der Waals surface area contributed by atoms with Crippen LogP contribution in [0.4, 0.5) is 0 Å². The van der Waals surface area contributed by atoms with Crippen molar-refractivity contribution in [2.24, 2.45) is 0 Å². The number of rotatable bonds is 2. The van der Waals surface area contributed by atoms with E-state index in [9.17, 15) is 0 Å². The molecule has 0 radical (unpaired) electrons. The number of hydrogen-bond donors (Lipinski definition) is 1. The second-order valence-electron chi connectivity index (χ2n) is 4.35. The molecular formula is C11H17ClN2S. The van der Waals surface area contributed by atoms with E-state index in [-0.39, 0.29) is 0 Å². The summed E-state index contributed by atoms with van der Waals surface area (Å²) >= 11 is 7.85. The maximum atomic E-state index is 6.10. The zero-order valence-corrected chi connectivity index (χ0v) is 10.7. The smallest absolute Gasteiger partial charge is 0.0558 e. The van der Waals surface area contributed by atoms with Crippen LogP contribution in [0.2, 0.25) is 5.02 Å². The molecule has 0 aromatic carbocycles. The van der Waals surface area contributed by atoms with Crippen molar-refractivity contribution in [2.45, 2.75) is 32.5 Å². The lowest BCUT2D eigenvalue weighted by Crippen LogP contribution is -2.53. The quantitative estimate of drug-likeness (QED) is 0.861. The molecule has 1 fully saturated rings. The van der Waals surface area contributed by atoms with Gasteiger partial charge in [-0.15, -0.1) is 11.3 Å². The third-order valence-corrected chi connectivity index (χ3v) is 4.06. The minimum atomic E-state index is 0.576. The van der Waals surface area contributed by atoms with Gasteiger partial charge in [0.05, 0.1) is 5.02 Å². The van der Waals surface area contributed by atoms with Crippen LogP contribution >= 0.6 is 22.9 Å². The van der Waals surface area contributed by atoms with E-state index in [1.54, 1.807) is 11.3 Å². The summed E-state index contributed by atoms with van der Waals surface area (Å²) in [5.41, 5.74) is 0. The first kappa shape index (κ1) is 11.4. The van der Waals surface area contributed by atoms with E-state index in [0.717, 1.165) is 24.7 Å². The Morgan fingerprint density at radius 1 is 1.47 bits per heavy atom. The van der Waals surface area contributed by atoms with Crippen molar-refractivity contribution < 1.29 is 0 Å². The molecule has 2 nitrogen and oxygen atoms in total. The maximum absolute atomic E-state index is 6.10. The lowest BCUT2D eigenvalue weighted by Gasteiger charge is -2.35. The van der Waals surface area contributed by atoms with Crippen LogP contribution in [0.15, 0.2) is 11.4 Å². The summed E-state index contributed by atoms with van der Waals surface area (Å²) in [5.74, 6) is 0. The summed E-state index contributed by atoms with van der Waals surface area (Å²) in [4.78, 5) is 3.77. The predicted octanol–water partition coefficient (Wildman–Crippen LogP) is 2.58. The largest absolute Gasteiger partial charge is 0.309 e. The van der Waals surface area contributed by atoms with Crippen LogP contribution < -0.4 is 5.32 Å². The van der Waals surface area contributed by atoms with Gasteiger partial charge in [0.15, 0.2) is 0 Å². The third kappa shape index (κ3) is 2.94. The van der Waals surface area contributed by atoms with Crippen molar-refractivity contribution in [2.75, 3.05) is 13.1 Å². The summed E-state index contributed by atoms with van der Waals surface area (Å²) in [6.45, 7) is 7.68. The average Bonchev–Trinajstić information content (AvgIpc) is 2.50. The van der Waals surface area contributed by atoms with Crippen LogP contribution in [0.1, 0.15) is 18.7 Å². The third-order valence-electron chi connectivity index (χ3n) is 2.69. The van der Waals surface area contributed by atoms with Gasteiger partial charge < -0.3 is 5.32 Å². The molecule has 4 heteroatoms. The molecule has 0 amide bonds. The Morgan fingerprint density at radius 3 is 2.67 bits per heavy atom. The molecule has 1 saturated heterocycles. The average molecular weight is 245 g/mol. The Hall–Kier alpha value is -0.0900. The summed E-state index contributed by atoms with van der Waals surface area (Å²) in [7, 11) is 0. The van der Waals surface area contributed by atoms with Crippen LogP contribution in [0, 0.1) is 0 Å². The second kappa shape index (κ2) is 4.83. The van der Waals surface area contributed by atoms with E-state index in [2.05, 4.69) is 29.4 Å². The molecule has 2 unspecified atom stereocenters. The normalized spacial score (nSPS) is 28.2. The molecule has 0 saturated carbocycles. The van der Waals surface area contributed by atoms with Crippen LogP contribution in [0.5, 0.6) is 0 Å². The lowest BCUT2D eigenvalue weighted by atomic mass is 10.1. The van der Waals surface area contributed by atoms with E-state index >= 15 is 0 Å². The first-order valence-corrected chi connectivity index (χ1v) is 6.61. The fourth-order valence-corrected chi connectivity index (χ4v) is 3.35. The van der Waals surface area contributed by atoms with Crippen molar-refractivity contribution in [1.82, 2.24) is 10.2 Å². The van der Waals surface area contributed by atoms with Gasteiger partial charge in [-0.1, -0.05) is 11.6 Å². The van der Waals surface area contributed by atoms with Crippen LogP contribution in [-0.4, -0.2) is 30.1 Å². The maximum Gasteiger partial charge on any atom is 0.0558 e. The van der Waals surface area contributed by atoms with Crippen LogP contribution in [-0.2, 0) is 6.54 Å². The number of thiophene rings is 1. The van der Waals surface area contributed by atoms with Gasteiger partial charge in [-0.2, -0.15) is 0 Å². The zero-order valence-electron chi connectivity index (χ0n) is 9.16. The highest BCUT2D eigenvalue weighted by Gasteiger charge is 2.21. The van der Waals surface area contributed by atoms with Crippen molar-refractivity contribution >= 4 is 22.9 Å². The van der Waals surface area contributed by atoms with E-state index in [1.165, 1.54) is 4.88 Å². The fraction of sp³-hybridized carbons (Fsp3) is 0.636. The van der Waals surface area contributed by atoms with E-state index in [1.807, 2.05) is 6.07 Å². The summed E-state index contributed by atoms with van der Waals surface area (Å²) < 4.78 is 0. The summed E-state index contributed by atoms with van der Waals surface area (Å²) in [6, 6.07) is 3.14. The Balaban J connectivity index is 1.97. The lowest BCUT2D eigenvalue weighted by molar-refractivity contribution is 0.168. The monoisotopic (exact) mass is 244 g/mol. The molecule has 84 valence electrons. The number of nitrogens with zero attached hydrogens (tertiary/aromatic N) is 1. The van der Waals surface area contributed by atoms with Gasteiger partial charge in [0.25, 0.3) is 0 Å². The highest BCUT2D eigenvalue weighted by atomic mass is 35.5. The van der Waals surface area contributed by atoms with Crippen molar-refractivity contribution in [3.05, 3.63) is 21.3 Å². The fourth-order valence-electron chi connectivity index (χ4n) is 2.21. The molecule has 2 heterocycles. The van der Waals surface area contributed by atoms with Gasteiger partial charge in [-0.05, 0) is 25.3 Å². The Bertz CT molecular complexity index is 316. The Morgan fingerprint density at radius 2 is 2.13 bits per heavy atom. The van der Waals surface area contributed by atoms with Gasteiger partial charge >= 0.3 is 0 Å². The number of nitrogens with one attached hydrogen (secondary N) is 1. The van der Waals surface area contributed by atoms with E-state index in [4.69, 9.17) is 11.6 Å². The number of halogens is 1. The molecular weight excluding hydrogens is 228 g/mol. The highest BCUT2D eigenvalue weighted by molar-refractivity contribution is 7.10. The highest BCUT2D eigenvalue weighted by Crippen LogP contribution is 2.24. The number of piperazine rings is 1. The standard InChI is InChI=1S/C11H17ClN2S/c1-8-5-14(6-9(2)13-8)7-11-10(12)3-4-15-11/h3-4,8-9,13H,5-7H2,1-2H3. The molecule has 1 N–H and O–H groups in total. The van der Waals surface area contributed by atoms with Gasteiger partial charge in [0.1, 0.15) is 0 Å². The summed E-state index contributed by atoms with van der Waals surface area (Å²) in [5, 5.41) is 6.51. The summed E-state index contributed by atoms with van der Waals surface area (Å²) in [6.07, 6.45) is 0. The zero-order chi connectivity index (χ0) is 10.8. The van der Waals surface area contributed by atoms with Crippen LogP contribution in [0.3, 0.4) is 0 Å². The molecule has 0 bridgehead atoms. The SMILES string of the molecule is CC1CN(Cc2sccc2Cl)CC(C)N1. The minimum Gasteiger partial charge on any atom is -0.309 e. The Kier molecular flexibility index (Phi) is 3.67. The van der Waals surface area contributed by atoms with Crippen molar-refractivity contribution in [1.29, 1.82) is 0 Å². The van der Waals surface area contributed by atoms with Crippen molar-refractivity contribution in [3.8, 4) is 0 Å². The second-order valence-corrected chi connectivity index (χ2v) is 5.76. The van der Waals surface area contributed by atoms with Gasteiger partial charge in [0.2, 0.25) is 0 Å². The van der Waals surface area contributed by atoms with Gasteiger partial charge in [-0.25, -0.2) is 0 Å². The molecule has 1 aromatic heterocycles. The van der Waals surface area contributed by atoms with E-state index < -0.39 is 0 Å². The minimum absolute atomic E-state index is 0.576.